The van der Waals surface area contributed by atoms with E-state index in [1.807, 2.05) is 25.1 Å². The predicted octanol–water partition coefficient (Wildman–Crippen LogP) is 2.93. The second-order valence-corrected chi connectivity index (χ2v) is 5.11. The van der Waals surface area contributed by atoms with E-state index in [-0.39, 0.29) is 5.75 Å². The van der Waals surface area contributed by atoms with Crippen LogP contribution in [0.4, 0.5) is 0 Å². The molecule has 0 aliphatic rings. The van der Waals surface area contributed by atoms with Gasteiger partial charge in [0.05, 0.1) is 16.8 Å². The highest BCUT2D eigenvalue weighted by Crippen LogP contribution is 2.26. The molecule has 0 saturated heterocycles. The van der Waals surface area contributed by atoms with Gasteiger partial charge in [-0.15, -0.1) is 0 Å². The van der Waals surface area contributed by atoms with Crippen molar-refractivity contribution in [3.8, 4) is 0 Å². The third-order valence-electron chi connectivity index (χ3n) is 2.72. The van der Waals surface area contributed by atoms with Crippen molar-refractivity contribution in [2.24, 2.45) is 0 Å². The van der Waals surface area contributed by atoms with Crippen LogP contribution in [0.3, 0.4) is 0 Å². The van der Waals surface area contributed by atoms with Crippen LogP contribution in [0.2, 0.25) is 0 Å². The first-order valence-corrected chi connectivity index (χ1v) is 6.92. The van der Waals surface area contributed by atoms with Crippen molar-refractivity contribution in [2.75, 3.05) is 5.75 Å². The average molecular weight is 264 g/mol. The minimum atomic E-state index is -0.813. The molecule has 0 spiro atoms. The SMILES string of the molecule is CCCn1c(SCC(=O)O)nc2c(C)cccc21. The van der Waals surface area contributed by atoms with E-state index in [2.05, 4.69) is 16.5 Å². The van der Waals surface area contributed by atoms with Gasteiger partial charge < -0.3 is 9.67 Å². The molecule has 18 heavy (non-hydrogen) atoms. The molecule has 1 heterocycles. The molecule has 0 saturated carbocycles. The van der Waals surface area contributed by atoms with Crippen molar-refractivity contribution >= 4 is 28.8 Å². The summed E-state index contributed by atoms with van der Waals surface area (Å²) in [5.41, 5.74) is 3.18. The lowest BCUT2D eigenvalue weighted by Gasteiger charge is -2.06. The summed E-state index contributed by atoms with van der Waals surface area (Å²) in [5, 5.41) is 9.56. The van der Waals surface area contributed by atoms with Crippen molar-refractivity contribution in [1.29, 1.82) is 0 Å². The van der Waals surface area contributed by atoms with E-state index < -0.39 is 5.97 Å². The molecular weight excluding hydrogens is 248 g/mol. The fourth-order valence-electron chi connectivity index (χ4n) is 1.94. The minimum absolute atomic E-state index is 0.0477. The van der Waals surface area contributed by atoms with Crippen LogP contribution < -0.4 is 0 Å². The first-order chi connectivity index (χ1) is 8.63. The largest absolute Gasteiger partial charge is 0.481 e. The molecule has 4 nitrogen and oxygen atoms in total. The second-order valence-electron chi connectivity index (χ2n) is 4.17. The summed E-state index contributed by atoms with van der Waals surface area (Å²) in [6.45, 7) is 4.99. The number of imidazole rings is 1. The molecule has 0 bridgehead atoms. The van der Waals surface area contributed by atoms with Gasteiger partial charge in [-0.2, -0.15) is 0 Å². The van der Waals surface area contributed by atoms with Gasteiger partial charge in [-0.05, 0) is 25.0 Å². The van der Waals surface area contributed by atoms with E-state index in [1.54, 1.807) is 0 Å². The molecule has 0 fully saturated rings. The van der Waals surface area contributed by atoms with E-state index >= 15 is 0 Å². The first kappa shape index (κ1) is 13.0. The van der Waals surface area contributed by atoms with Crippen LogP contribution in [-0.4, -0.2) is 26.4 Å². The summed E-state index contributed by atoms with van der Waals surface area (Å²) in [5.74, 6) is -0.765. The number of aliphatic carboxylic acids is 1. The lowest BCUT2D eigenvalue weighted by atomic mass is 10.2. The van der Waals surface area contributed by atoms with Gasteiger partial charge in [0.25, 0.3) is 0 Å². The number of rotatable bonds is 5. The molecule has 1 aromatic heterocycles. The Hall–Kier alpha value is -1.49. The van der Waals surface area contributed by atoms with E-state index in [1.165, 1.54) is 11.8 Å². The number of fused-ring (bicyclic) bond motifs is 1. The number of benzene rings is 1. The summed E-state index contributed by atoms with van der Waals surface area (Å²) >= 11 is 1.28. The molecule has 1 aromatic carbocycles. The zero-order valence-electron chi connectivity index (χ0n) is 10.5. The van der Waals surface area contributed by atoms with Crippen LogP contribution in [0.15, 0.2) is 23.4 Å². The molecule has 0 unspecified atom stereocenters. The molecule has 2 rings (SSSR count). The van der Waals surface area contributed by atoms with Crippen LogP contribution in [-0.2, 0) is 11.3 Å². The summed E-state index contributed by atoms with van der Waals surface area (Å²) < 4.78 is 2.11. The third-order valence-corrected chi connectivity index (χ3v) is 3.68. The van der Waals surface area contributed by atoms with Gasteiger partial charge in [-0.25, -0.2) is 4.98 Å². The van der Waals surface area contributed by atoms with Gasteiger partial charge in [-0.1, -0.05) is 30.8 Å². The number of hydrogen-bond donors (Lipinski definition) is 1. The molecule has 2 aromatic rings. The number of para-hydroxylation sites is 1. The molecular formula is C13H16N2O2S. The minimum Gasteiger partial charge on any atom is -0.481 e. The second kappa shape index (κ2) is 5.44. The highest BCUT2D eigenvalue weighted by atomic mass is 32.2. The fourth-order valence-corrected chi connectivity index (χ4v) is 2.70. The lowest BCUT2D eigenvalue weighted by molar-refractivity contribution is -0.133. The number of thioether (sulfide) groups is 1. The number of aromatic nitrogens is 2. The molecule has 0 aliphatic carbocycles. The number of carboxylic acid groups (broad SMARTS) is 1. The zero-order chi connectivity index (χ0) is 13.1. The van der Waals surface area contributed by atoms with E-state index in [9.17, 15) is 4.79 Å². The van der Waals surface area contributed by atoms with Crippen molar-refractivity contribution in [3.05, 3.63) is 23.8 Å². The maximum Gasteiger partial charge on any atom is 0.313 e. The van der Waals surface area contributed by atoms with Crippen LogP contribution in [0.5, 0.6) is 0 Å². The lowest BCUT2D eigenvalue weighted by Crippen LogP contribution is -2.03. The number of hydrogen-bond acceptors (Lipinski definition) is 3. The van der Waals surface area contributed by atoms with E-state index in [4.69, 9.17) is 5.11 Å². The maximum atomic E-state index is 10.7. The van der Waals surface area contributed by atoms with E-state index in [0.717, 1.165) is 34.7 Å². The monoisotopic (exact) mass is 264 g/mol. The molecule has 1 N–H and O–H groups in total. The molecule has 0 radical (unpaired) electrons. The van der Waals surface area contributed by atoms with Crippen LogP contribution in [0, 0.1) is 6.92 Å². The Morgan fingerprint density at radius 3 is 2.94 bits per heavy atom. The van der Waals surface area contributed by atoms with Gasteiger partial charge in [-0.3, -0.25) is 4.79 Å². The normalized spacial score (nSPS) is 11.0. The Bertz CT molecular complexity index is 578. The Morgan fingerprint density at radius 1 is 1.50 bits per heavy atom. The van der Waals surface area contributed by atoms with Gasteiger partial charge in [0.1, 0.15) is 0 Å². The third kappa shape index (κ3) is 2.51. The van der Waals surface area contributed by atoms with Crippen molar-refractivity contribution in [3.63, 3.8) is 0 Å². The predicted molar refractivity (Wildman–Crippen MR) is 73.1 cm³/mol. The number of carbonyl (C=O) groups is 1. The summed E-state index contributed by atoms with van der Waals surface area (Å²) in [6.07, 6.45) is 1.00. The van der Waals surface area contributed by atoms with Crippen LogP contribution in [0.25, 0.3) is 11.0 Å². The molecule has 96 valence electrons. The Balaban J connectivity index is 2.46. The molecule has 0 amide bonds. The Morgan fingerprint density at radius 2 is 2.28 bits per heavy atom. The highest BCUT2D eigenvalue weighted by molar-refractivity contribution is 7.99. The average Bonchev–Trinajstić information content (AvgIpc) is 2.67. The van der Waals surface area contributed by atoms with Crippen LogP contribution >= 0.6 is 11.8 Å². The first-order valence-electron chi connectivity index (χ1n) is 5.94. The van der Waals surface area contributed by atoms with E-state index in [0.29, 0.717) is 0 Å². The van der Waals surface area contributed by atoms with Crippen LogP contribution in [0.1, 0.15) is 18.9 Å². The quantitative estimate of drug-likeness (QED) is 0.844. The number of aryl methyl sites for hydroxylation is 2. The number of carboxylic acids is 1. The highest BCUT2D eigenvalue weighted by Gasteiger charge is 2.13. The Kier molecular flexibility index (Phi) is 3.91. The van der Waals surface area contributed by atoms with Crippen molar-refractivity contribution in [1.82, 2.24) is 9.55 Å². The summed E-state index contributed by atoms with van der Waals surface area (Å²) in [6, 6.07) is 6.07. The smallest absolute Gasteiger partial charge is 0.313 e. The summed E-state index contributed by atoms with van der Waals surface area (Å²) in [7, 11) is 0. The topological polar surface area (TPSA) is 55.1 Å². The maximum absolute atomic E-state index is 10.7. The Labute approximate surface area is 110 Å². The van der Waals surface area contributed by atoms with Gasteiger partial charge in [0.2, 0.25) is 0 Å². The standard InChI is InChI=1S/C13H16N2O2S/c1-3-7-15-10-6-4-5-9(2)12(10)14-13(15)18-8-11(16)17/h4-6H,3,7-8H2,1-2H3,(H,16,17). The molecule has 0 aliphatic heterocycles. The molecule has 5 heteroatoms. The summed E-state index contributed by atoms with van der Waals surface area (Å²) in [4.78, 5) is 15.2. The van der Waals surface area contributed by atoms with Gasteiger partial charge >= 0.3 is 5.97 Å². The number of nitrogens with zero attached hydrogens (tertiary/aromatic N) is 2. The van der Waals surface area contributed by atoms with Gasteiger partial charge in [0, 0.05) is 6.54 Å². The fraction of sp³-hybridized carbons (Fsp3) is 0.385. The molecule has 0 atom stereocenters. The van der Waals surface area contributed by atoms with Crippen molar-refractivity contribution < 1.29 is 9.90 Å². The zero-order valence-corrected chi connectivity index (χ0v) is 11.3. The van der Waals surface area contributed by atoms with Crippen molar-refractivity contribution in [2.45, 2.75) is 32.0 Å². The van der Waals surface area contributed by atoms with Gasteiger partial charge in [0.15, 0.2) is 5.16 Å².